The van der Waals surface area contributed by atoms with Gasteiger partial charge in [0, 0.05) is 0 Å². The summed E-state index contributed by atoms with van der Waals surface area (Å²) >= 11 is 0. The second kappa shape index (κ2) is 8.56. The second-order valence-electron chi connectivity index (χ2n) is 4.80. The molecule has 0 aromatic rings. The predicted octanol–water partition coefficient (Wildman–Crippen LogP) is 5.13. The third-order valence-electron chi connectivity index (χ3n) is 2.76. The third kappa shape index (κ3) is 8.27. The minimum atomic E-state index is 0.761. The van der Waals surface area contributed by atoms with E-state index in [1.807, 2.05) is 6.08 Å². The number of allylic oxidation sites excluding steroid dienone is 2. The van der Waals surface area contributed by atoms with Crippen molar-refractivity contribution in [1.82, 2.24) is 0 Å². The Morgan fingerprint density at radius 3 is 2.53 bits per heavy atom. The molecule has 0 fully saturated rings. The number of hydrogen-bond donors (Lipinski definition) is 0. The summed E-state index contributed by atoms with van der Waals surface area (Å²) in [4.78, 5) is 0. The van der Waals surface area contributed by atoms with Gasteiger partial charge in [-0.05, 0) is 37.2 Å². The van der Waals surface area contributed by atoms with E-state index in [-0.39, 0.29) is 0 Å². The van der Waals surface area contributed by atoms with Crippen LogP contribution >= 0.6 is 0 Å². The molecule has 0 bridgehead atoms. The molecule has 86 valence electrons. The van der Waals surface area contributed by atoms with Crippen LogP contribution in [0.1, 0.15) is 52.9 Å². The summed E-state index contributed by atoms with van der Waals surface area (Å²) in [5.41, 5.74) is 4.10. The summed E-state index contributed by atoms with van der Waals surface area (Å²) in [5, 5.41) is 0. The first-order valence-electron chi connectivity index (χ1n) is 6.11. The first-order chi connectivity index (χ1) is 7.10. The van der Waals surface area contributed by atoms with E-state index >= 15 is 0 Å². The van der Waals surface area contributed by atoms with E-state index in [1.165, 1.54) is 24.8 Å². The van der Waals surface area contributed by atoms with Crippen molar-refractivity contribution in [2.45, 2.75) is 52.9 Å². The summed E-state index contributed by atoms with van der Waals surface area (Å²) < 4.78 is 0. The van der Waals surface area contributed by atoms with E-state index in [0.717, 1.165) is 24.7 Å². The zero-order valence-corrected chi connectivity index (χ0v) is 10.7. The Morgan fingerprint density at radius 2 is 2.00 bits per heavy atom. The second-order valence-corrected chi connectivity index (χ2v) is 4.80. The Labute approximate surface area is 95.8 Å². The van der Waals surface area contributed by atoms with Gasteiger partial charge < -0.3 is 0 Å². The van der Waals surface area contributed by atoms with Crippen molar-refractivity contribution in [2.24, 2.45) is 11.8 Å². The quantitative estimate of drug-likeness (QED) is 0.381. The van der Waals surface area contributed by atoms with Gasteiger partial charge in [-0.1, -0.05) is 52.3 Å². The molecule has 0 aliphatic heterocycles. The van der Waals surface area contributed by atoms with Gasteiger partial charge in [0.1, 0.15) is 0 Å². The zero-order chi connectivity index (χ0) is 11.7. The summed E-state index contributed by atoms with van der Waals surface area (Å²) in [7, 11) is 0. The average Bonchev–Trinajstić information content (AvgIpc) is 2.14. The van der Waals surface area contributed by atoms with Crippen LogP contribution in [-0.2, 0) is 0 Å². The standard InChI is InChI=1S/C15H26/c1-6-8-10-14(4)12-15(5)11-13(3)9-7-2/h8,13,15H,1,4,7,9-12H2,2-3,5H3. The van der Waals surface area contributed by atoms with Crippen LogP contribution in [0.4, 0.5) is 0 Å². The zero-order valence-electron chi connectivity index (χ0n) is 10.7. The number of rotatable bonds is 8. The van der Waals surface area contributed by atoms with Gasteiger partial charge in [0.05, 0.1) is 0 Å². The van der Waals surface area contributed by atoms with Crippen LogP contribution in [0.3, 0.4) is 0 Å². The molecular formula is C15H26. The van der Waals surface area contributed by atoms with Crippen molar-refractivity contribution in [3.05, 3.63) is 30.5 Å². The highest BCUT2D eigenvalue weighted by molar-refractivity contribution is 5.02. The molecule has 2 unspecified atom stereocenters. The van der Waals surface area contributed by atoms with Crippen LogP contribution < -0.4 is 0 Å². The van der Waals surface area contributed by atoms with Gasteiger partial charge >= 0.3 is 0 Å². The summed E-state index contributed by atoms with van der Waals surface area (Å²) in [6.45, 7) is 14.6. The van der Waals surface area contributed by atoms with Gasteiger partial charge in [0.15, 0.2) is 0 Å². The lowest BCUT2D eigenvalue weighted by Gasteiger charge is -2.17. The van der Waals surface area contributed by atoms with Gasteiger partial charge in [-0.2, -0.15) is 0 Å². The topological polar surface area (TPSA) is 0 Å². The molecule has 0 saturated heterocycles. The van der Waals surface area contributed by atoms with E-state index in [1.54, 1.807) is 0 Å². The molecule has 15 heavy (non-hydrogen) atoms. The average molecular weight is 206 g/mol. The molecule has 0 rings (SSSR count). The van der Waals surface area contributed by atoms with Gasteiger partial charge in [-0.25, -0.2) is 0 Å². The fraction of sp³-hybridized carbons (Fsp3) is 0.667. The maximum atomic E-state index is 4.09. The van der Waals surface area contributed by atoms with Crippen LogP contribution in [0.2, 0.25) is 0 Å². The Morgan fingerprint density at radius 1 is 1.33 bits per heavy atom. The van der Waals surface area contributed by atoms with Crippen LogP contribution in [0.15, 0.2) is 30.5 Å². The largest absolute Gasteiger partial charge is 0.133 e. The molecule has 0 amide bonds. The SMILES string of the molecule is C=C=CCC(=C)CC(C)CC(C)CCC. The van der Waals surface area contributed by atoms with E-state index in [9.17, 15) is 0 Å². The van der Waals surface area contributed by atoms with Crippen LogP contribution in [0, 0.1) is 11.8 Å². The fourth-order valence-corrected chi connectivity index (χ4v) is 2.17. The Kier molecular flexibility index (Phi) is 8.14. The van der Waals surface area contributed by atoms with Crippen molar-refractivity contribution in [2.75, 3.05) is 0 Å². The molecule has 0 saturated carbocycles. The number of hydrogen-bond acceptors (Lipinski definition) is 0. The van der Waals surface area contributed by atoms with Crippen LogP contribution in [0.25, 0.3) is 0 Å². The third-order valence-corrected chi connectivity index (χ3v) is 2.76. The highest BCUT2D eigenvalue weighted by atomic mass is 14.1. The van der Waals surface area contributed by atoms with Gasteiger partial charge in [0.2, 0.25) is 0 Å². The van der Waals surface area contributed by atoms with Crippen molar-refractivity contribution in [3.63, 3.8) is 0 Å². The predicted molar refractivity (Wildman–Crippen MR) is 69.9 cm³/mol. The van der Waals surface area contributed by atoms with E-state index in [2.05, 4.69) is 39.7 Å². The summed E-state index contributed by atoms with van der Waals surface area (Å²) in [6, 6.07) is 0. The molecule has 0 aromatic heterocycles. The van der Waals surface area contributed by atoms with Gasteiger partial charge in [-0.3, -0.25) is 0 Å². The smallest absolute Gasteiger partial charge is 0.00654 e. The summed E-state index contributed by atoms with van der Waals surface area (Å²) in [6.07, 6.45) is 8.02. The molecule has 0 aromatic carbocycles. The van der Waals surface area contributed by atoms with E-state index in [4.69, 9.17) is 0 Å². The lowest BCUT2D eigenvalue weighted by atomic mass is 9.89. The highest BCUT2D eigenvalue weighted by Crippen LogP contribution is 2.22. The Balaban J connectivity index is 3.76. The molecule has 0 heteroatoms. The van der Waals surface area contributed by atoms with Crippen LogP contribution in [0.5, 0.6) is 0 Å². The fourth-order valence-electron chi connectivity index (χ4n) is 2.17. The maximum Gasteiger partial charge on any atom is -0.00654 e. The minimum absolute atomic E-state index is 0.761. The van der Waals surface area contributed by atoms with Crippen molar-refractivity contribution >= 4 is 0 Å². The van der Waals surface area contributed by atoms with Crippen molar-refractivity contribution < 1.29 is 0 Å². The van der Waals surface area contributed by atoms with E-state index < -0.39 is 0 Å². The normalized spacial score (nSPS) is 14.1. The maximum absolute atomic E-state index is 4.09. The molecule has 0 radical (unpaired) electrons. The van der Waals surface area contributed by atoms with Crippen molar-refractivity contribution in [3.8, 4) is 0 Å². The van der Waals surface area contributed by atoms with Crippen LogP contribution in [-0.4, -0.2) is 0 Å². The minimum Gasteiger partial charge on any atom is -0.133 e. The molecule has 0 spiro atoms. The monoisotopic (exact) mass is 206 g/mol. The first-order valence-corrected chi connectivity index (χ1v) is 6.11. The Hall–Kier alpha value is -0.740. The van der Waals surface area contributed by atoms with Gasteiger partial charge in [-0.15, -0.1) is 5.73 Å². The molecule has 0 N–H and O–H groups in total. The van der Waals surface area contributed by atoms with Crippen molar-refractivity contribution in [1.29, 1.82) is 0 Å². The Bertz CT molecular complexity index is 218. The first kappa shape index (κ1) is 14.3. The van der Waals surface area contributed by atoms with E-state index in [0.29, 0.717) is 0 Å². The summed E-state index contributed by atoms with van der Waals surface area (Å²) in [5.74, 6) is 1.62. The molecule has 0 nitrogen and oxygen atoms in total. The lowest BCUT2D eigenvalue weighted by Crippen LogP contribution is -2.03. The highest BCUT2D eigenvalue weighted by Gasteiger charge is 2.08. The molecule has 0 aliphatic carbocycles. The molecule has 0 aliphatic rings. The lowest BCUT2D eigenvalue weighted by molar-refractivity contribution is 0.389. The molecular weight excluding hydrogens is 180 g/mol. The molecule has 2 atom stereocenters. The molecule has 0 heterocycles. The van der Waals surface area contributed by atoms with Gasteiger partial charge in [0.25, 0.3) is 0 Å².